The van der Waals surface area contributed by atoms with E-state index in [0.29, 0.717) is 0 Å². The molecule has 0 N–H and O–H groups in total. The van der Waals surface area contributed by atoms with Crippen molar-refractivity contribution in [3.05, 3.63) is 57.9 Å². The summed E-state index contributed by atoms with van der Waals surface area (Å²) in [4.78, 5) is 10.1. The quantitative estimate of drug-likeness (QED) is 0.582. The lowest BCUT2D eigenvalue weighted by atomic mass is 10.1. The molecule has 0 fully saturated rings. The fourth-order valence-electron chi connectivity index (χ4n) is 1.53. The molecule has 0 aliphatic heterocycles. The van der Waals surface area contributed by atoms with Crippen molar-refractivity contribution in [3.8, 4) is 0 Å². The number of nitro groups is 1. The van der Waals surface area contributed by atoms with Crippen molar-refractivity contribution in [3.63, 3.8) is 0 Å². The Morgan fingerprint density at radius 2 is 2.00 bits per heavy atom. The fourth-order valence-corrected chi connectivity index (χ4v) is 1.53. The van der Waals surface area contributed by atoms with Gasteiger partial charge in [-0.25, -0.2) is 0 Å². The van der Waals surface area contributed by atoms with Crippen LogP contribution in [0.1, 0.15) is 11.1 Å². The van der Waals surface area contributed by atoms with Crippen molar-refractivity contribution in [1.29, 1.82) is 0 Å². The van der Waals surface area contributed by atoms with Gasteiger partial charge in [-0.2, -0.15) is 5.10 Å². The van der Waals surface area contributed by atoms with Crippen LogP contribution < -0.4 is 0 Å². The highest BCUT2D eigenvalue weighted by atomic mass is 16.6. The van der Waals surface area contributed by atoms with Crippen molar-refractivity contribution < 1.29 is 4.92 Å². The maximum Gasteiger partial charge on any atom is 0.269 e. The Balaban J connectivity index is 2.14. The molecule has 0 spiro atoms. The van der Waals surface area contributed by atoms with Gasteiger partial charge in [0.25, 0.3) is 5.69 Å². The van der Waals surface area contributed by atoms with E-state index < -0.39 is 4.92 Å². The third-order valence-corrected chi connectivity index (χ3v) is 2.31. The summed E-state index contributed by atoms with van der Waals surface area (Å²) < 4.78 is 1.74. The molecule has 0 atom stereocenters. The first-order valence-corrected chi connectivity index (χ1v) is 4.86. The Morgan fingerprint density at radius 3 is 2.50 bits per heavy atom. The normalized spacial score (nSPS) is 10.3. The van der Waals surface area contributed by atoms with Gasteiger partial charge < -0.3 is 0 Å². The van der Waals surface area contributed by atoms with Crippen LogP contribution in [0.5, 0.6) is 0 Å². The molecule has 1 aromatic heterocycles. The number of hydrogen-bond acceptors (Lipinski definition) is 3. The Kier molecular flexibility index (Phi) is 2.68. The number of hydrogen-bond donors (Lipinski definition) is 0. The van der Waals surface area contributed by atoms with Crippen LogP contribution in [-0.2, 0) is 13.5 Å². The van der Waals surface area contributed by atoms with Gasteiger partial charge in [0.2, 0.25) is 0 Å². The summed E-state index contributed by atoms with van der Waals surface area (Å²) in [7, 11) is 1.86. The average Bonchev–Trinajstić information content (AvgIpc) is 2.65. The predicted molar refractivity (Wildman–Crippen MR) is 59.1 cm³/mol. The number of rotatable bonds is 3. The molecule has 0 bridgehead atoms. The molecule has 0 radical (unpaired) electrons. The lowest BCUT2D eigenvalue weighted by molar-refractivity contribution is -0.384. The Morgan fingerprint density at radius 1 is 1.31 bits per heavy atom. The topological polar surface area (TPSA) is 61.0 Å². The van der Waals surface area contributed by atoms with Crippen molar-refractivity contribution in [1.82, 2.24) is 9.78 Å². The van der Waals surface area contributed by atoms with Gasteiger partial charge in [-0.05, 0) is 11.1 Å². The highest BCUT2D eigenvalue weighted by Gasteiger charge is 2.04. The van der Waals surface area contributed by atoms with Gasteiger partial charge in [0.05, 0.1) is 11.1 Å². The average molecular weight is 217 g/mol. The van der Waals surface area contributed by atoms with Crippen molar-refractivity contribution in [2.75, 3.05) is 0 Å². The summed E-state index contributed by atoms with van der Waals surface area (Å²) in [5, 5.41) is 14.5. The van der Waals surface area contributed by atoms with Crippen LogP contribution in [0.25, 0.3) is 0 Å². The van der Waals surface area contributed by atoms with Gasteiger partial charge in [-0.3, -0.25) is 14.8 Å². The van der Waals surface area contributed by atoms with Crippen LogP contribution in [0.15, 0.2) is 36.7 Å². The molecule has 16 heavy (non-hydrogen) atoms. The fraction of sp³-hybridized carbons (Fsp3) is 0.182. The summed E-state index contributed by atoms with van der Waals surface area (Å²) in [5.74, 6) is 0. The van der Waals surface area contributed by atoms with Gasteiger partial charge in [-0.15, -0.1) is 0 Å². The zero-order valence-electron chi connectivity index (χ0n) is 8.83. The van der Waals surface area contributed by atoms with Gasteiger partial charge >= 0.3 is 0 Å². The predicted octanol–water partition coefficient (Wildman–Crippen LogP) is 1.92. The zero-order chi connectivity index (χ0) is 11.5. The molecule has 82 valence electrons. The van der Waals surface area contributed by atoms with E-state index in [1.54, 1.807) is 23.0 Å². The van der Waals surface area contributed by atoms with Crippen LogP contribution in [0.4, 0.5) is 5.69 Å². The number of aryl methyl sites for hydroxylation is 1. The molecule has 5 nitrogen and oxygen atoms in total. The third kappa shape index (κ3) is 2.25. The molecule has 0 aliphatic carbocycles. The van der Waals surface area contributed by atoms with E-state index in [-0.39, 0.29) is 5.69 Å². The first kappa shape index (κ1) is 10.4. The Labute approximate surface area is 92.5 Å². The largest absolute Gasteiger partial charge is 0.276 e. The van der Waals surface area contributed by atoms with Gasteiger partial charge in [0.1, 0.15) is 0 Å². The smallest absolute Gasteiger partial charge is 0.269 e. The van der Waals surface area contributed by atoms with E-state index in [1.165, 1.54) is 12.1 Å². The molecule has 2 rings (SSSR count). The van der Waals surface area contributed by atoms with E-state index in [2.05, 4.69) is 5.10 Å². The van der Waals surface area contributed by atoms with E-state index in [4.69, 9.17) is 0 Å². The summed E-state index contributed by atoms with van der Waals surface area (Å²) in [6.07, 6.45) is 4.47. The number of nitrogens with zero attached hydrogens (tertiary/aromatic N) is 3. The molecular weight excluding hydrogens is 206 g/mol. The molecule has 0 saturated carbocycles. The zero-order valence-corrected chi connectivity index (χ0v) is 8.83. The van der Waals surface area contributed by atoms with Crippen LogP contribution >= 0.6 is 0 Å². The Hall–Kier alpha value is -2.17. The second kappa shape index (κ2) is 4.14. The summed E-state index contributed by atoms with van der Waals surface area (Å²) in [5.41, 5.74) is 2.25. The molecule has 0 aliphatic rings. The monoisotopic (exact) mass is 217 g/mol. The molecule has 0 unspecified atom stereocenters. The molecular formula is C11H11N3O2. The maximum atomic E-state index is 10.5. The minimum Gasteiger partial charge on any atom is -0.276 e. The van der Waals surface area contributed by atoms with Crippen LogP contribution in [-0.4, -0.2) is 14.7 Å². The summed E-state index contributed by atoms with van der Waals surface area (Å²) in [6, 6.07) is 6.58. The van der Waals surface area contributed by atoms with E-state index in [9.17, 15) is 10.1 Å². The lowest BCUT2D eigenvalue weighted by Crippen LogP contribution is -1.90. The molecule has 1 aromatic carbocycles. The van der Waals surface area contributed by atoms with Crippen molar-refractivity contribution in [2.24, 2.45) is 7.05 Å². The second-order valence-corrected chi connectivity index (χ2v) is 3.62. The Bertz CT molecular complexity index is 502. The number of nitro benzene ring substituents is 1. The number of non-ortho nitro benzene ring substituents is 1. The molecule has 2 aromatic rings. The SMILES string of the molecule is Cn1cc(Cc2ccc([N+](=O)[O-])cc2)cn1. The van der Waals surface area contributed by atoms with E-state index in [0.717, 1.165) is 17.5 Å². The minimum atomic E-state index is -0.395. The van der Waals surface area contributed by atoms with Crippen LogP contribution in [0, 0.1) is 10.1 Å². The summed E-state index contributed by atoms with van der Waals surface area (Å²) >= 11 is 0. The third-order valence-electron chi connectivity index (χ3n) is 2.31. The van der Waals surface area contributed by atoms with Crippen molar-refractivity contribution >= 4 is 5.69 Å². The minimum absolute atomic E-state index is 0.120. The maximum absolute atomic E-state index is 10.5. The standard InChI is InChI=1S/C11H11N3O2/c1-13-8-10(7-12-13)6-9-2-4-11(5-3-9)14(15)16/h2-5,7-8H,6H2,1H3. The van der Waals surface area contributed by atoms with E-state index >= 15 is 0 Å². The first-order valence-electron chi connectivity index (χ1n) is 4.86. The molecule has 5 heteroatoms. The van der Waals surface area contributed by atoms with E-state index in [1.807, 2.05) is 13.2 Å². The number of benzene rings is 1. The van der Waals surface area contributed by atoms with Gasteiger partial charge in [0.15, 0.2) is 0 Å². The van der Waals surface area contributed by atoms with Gasteiger partial charge in [-0.1, -0.05) is 12.1 Å². The lowest BCUT2D eigenvalue weighted by Gasteiger charge is -1.97. The molecule has 0 amide bonds. The molecule has 0 saturated heterocycles. The highest BCUT2D eigenvalue weighted by Crippen LogP contribution is 2.14. The first-order chi connectivity index (χ1) is 7.65. The van der Waals surface area contributed by atoms with Gasteiger partial charge in [0, 0.05) is 31.8 Å². The van der Waals surface area contributed by atoms with Crippen LogP contribution in [0.3, 0.4) is 0 Å². The highest BCUT2D eigenvalue weighted by molar-refractivity contribution is 5.34. The van der Waals surface area contributed by atoms with Crippen molar-refractivity contribution in [2.45, 2.75) is 6.42 Å². The second-order valence-electron chi connectivity index (χ2n) is 3.62. The molecule has 1 heterocycles. The number of aromatic nitrogens is 2. The summed E-state index contributed by atoms with van der Waals surface area (Å²) in [6.45, 7) is 0. The van der Waals surface area contributed by atoms with Crippen LogP contribution in [0.2, 0.25) is 0 Å².